The summed E-state index contributed by atoms with van der Waals surface area (Å²) in [6, 6.07) is 2.86. The molecule has 78 valence electrons. The van der Waals surface area contributed by atoms with Crippen molar-refractivity contribution in [2.45, 2.75) is 31.8 Å². The molecule has 4 heteroatoms. The fraction of sp³-hybridized carbons (Fsp3) is 0.600. The highest BCUT2D eigenvalue weighted by molar-refractivity contribution is 9.10. The molecule has 2 N–H and O–H groups in total. The van der Waals surface area contributed by atoms with Gasteiger partial charge in [0.2, 0.25) is 0 Å². The van der Waals surface area contributed by atoms with Crippen LogP contribution >= 0.6 is 27.3 Å². The molecule has 1 atom stereocenters. The summed E-state index contributed by atoms with van der Waals surface area (Å²) >= 11 is 5.24. The van der Waals surface area contributed by atoms with E-state index in [9.17, 15) is 5.11 Å². The van der Waals surface area contributed by atoms with Crippen LogP contribution in [0.2, 0.25) is 0 Å². The number of aliphatic hydroxyl groups is 1. The normalized spacial score (nSPS) is 18.5. The van der Waals surface area contributed by atoms with E-state index in [1.54, 1.807) is 11.3 Å². The fourth-order valence-corrected chi connectivity index (χ4v) is 3.03. The first-order valence-electron chi connectivity index (χ1n) is 4.83. The Morgan fingerprint density at radius 3 is 2.86 bits per heavy atom. The van der Waals surface area contributed by atoms with Crippen LogP contribution in [0.25, 0.3) is 0 Å². The zero-order valence-electron chi connectivity index (χ0n) is 8.09. The lowest BCUT2D eigenvalue weighted by Crippen LogP contribution is -2.25. The van der Waals surface area contributed by atoms with E-state index < -0.39 is 0 Å². The number of thiophene rings is 1. The predicted octanol–water partition coefficient (Wildman–Crippen LogP) is 2.60. The van der Waals surface area contributed by atoms with E-state index in [4.69, 9.17) is 0 Å². The van der Waals surface area contributed by atoms with Crippen LogP contribution in [-0.2, 0) is 0 Å². The van der Waals surface area contributed by atoms with Crippen molar-refractivity contribution in [3.8, 4) is 0 Å². The molecule has 1 heterocycles. The van der Waals surface area contributed by atoms with Crippen LogP contribution in [0.1, 0.15) is 28.6 Å². The Bertz CT molecular complexity index is 302. The maximum absolute atomic E-state index is 9.29. The van der Waals surface area contributed by atoms with Crippen molar-refractivity contribution in [3.63, 3.8) is 0 Å². The quantitative estimate of drug-likeness (QED) is 0.886. The number of halogens is 1. The Labute approximate surface area is 96.5 Å². The first kappa shape index (κ1) is 10.6. The van der Waals surface area contributed by atoms with Gasteiger partial charge in [-0.05, 0) is 41.8 Å². The maximum Gasteiger partial charge on any atom is 0.0652 e. The summed E-state index contributed by atoms with van der Waals surface area (Å²) in [7, 11) is 0. The van der Waals surface area contributed by atoms with Gasteiger partial charge >= 0.3 is 0 Å². The lowest BCUT2D eigenvalue weighted by Gasteiger charge is -2.13. The van der Waals surface area contributed by atoms with Gasteiger partial charge in [-0.25, -0.2) is 0 Å². The molecule has 14 heavy (non-hydrogen) atoms. The Hall–Kier alpha value is 0.100. The lowest BCUT2D eigenvalue weighted by atomic mass is 10.2. The minimum Gasteiger partial charge on any atom is -0.394 e. The monoisotopic (exact) mass is 275 g/mol. The Morgan fingerprint density at radius 2 is 2.43 bits per heavy atom. The van der Waals surface area contributed by atoms with E-state index in [1.807, 2.05) is 0 Å². The molecule has 0 bridgehead atoms. The predicted molar refractivity (Wildman–Crippen MR) is 62.7 cm³/mol. The third-order valence-corrected chi connectivity index (χ3v) is 4.67. The molecule has 1 unspecified atom stereocenters. The van der Waals surface area contributed by atoms with Crippen LogP contribution in [0.5, 0.6) is 0 Å². The number of aryl methyl sites for hydroxylation is 1. The molecule has 2 nitrogen and oxygen atoms in total. The lowest BCUT2D eigenvalue weighted by molar-refractivity contribution is 0.245. The topological polar surface area (TPSA) is 32.3 Å². The van der Waals surface area contributed by atoms with Gasteiger partial charge in [-0.2, -0.15) is 0 Å². The summed E-state index contributed by atoms with van der Waals surface area (Å²) in [6.45, 7) is 2.27. The molecule has 2 rings (SSSR count). The first-order valence-corrected chi connectivity index (χ1v) is 6.44. The molecular formula is C10H14BrNOS. The van der Waals surface area contributed by atoms with E-state index in [-0.39, 0.29) is 12.6 Å². The molecule has 1 aliphatic rings. The molecule has 0 amide bonds. The minimum atomic E-state index is 0.123. The van der Waals surface area contributed by atoms with E-state index in [1.165, 1.54) is 22.6 Å². The van der Waals surface area contributed by atoms with Crippen molar-refractivity contribution < 1.29 is 5.11 Å². The number of hydrogen-bond donors (Lipinski definition) is 2. The van der Waals surface area contributed by atoms with Crippen LogP contribution in [0.3, 0.4) is 0 Å². The maximum atomic E-state index is 9.29. The molecule has 1 aliphatic carbocycles. The van der Waals surface area contributed by atoms with Gasteiger partial charge in [0.15, 0.2) is 0 Å². The van der Waals surface area contributed by atoms with E-state index in [2.05, 4.69) is 34.2 Å². The Morgan fingerprint density at radius 1 is 1.71 bits per heavy atom. The van der Waals surface area contributed by atoms with Gasteiger partial charge in [-0.15, -0.1) is 11.3 Å². The SMILES string of the molecule is Cc1sc(C(CO)NC2CC2)cc1Br. The van der Waals surface area contributed by atoms with E-state index >= 15 is 0 Å². The number of aliphatic hydroxyl groups excluding tert-OH is 1. The third kappa shape index (κ3) is 2.37. The molecule has 1 saturated carbocycles. The zero-order valence-corrected chi connectivity index (χ0v) is 10.5. The first-order chi connectivity index (χ1) is 6.70. The summed E-state index contributed by atoms with van der Waals surface area (Å²) in [6.07, 6.45) is 2.50. The molecule has 0 aliphatic heterocycles. The third-order valence-electron chi connectivity index (χ3n) is 2.42. The van der Waals surface area contributed by atoms with Gasteiger partial charge in [-0.1, -0.05) is 0 Å². The highest BCUT2D eigenvalue weighted by atomic mass is 79.9. The summed E-state index contributed by atoms with van der Waals surface area (Å²) in [5, 5.41) is 12.7. The van der Waals surface area contributed by atoms with E-state index in [0.717, 1.165) is 4.47 Å². The van der Waals surface area contributed by atoms with E-state index in [0.29, 0.717) is 6.04 Å². The Kier molecular flexibility index (Phi) is 3.27. The van der Waals surface area contributed by atoms with Gasteiger partial charge in [0.05, 0.1) is 12.6 Å². The zero-order chi connectivity index (χ0) is 10.1. The highest BCUT2D eigenvalue weighted by Crippen LogP contribution is 2.32. The highest BCUT2D eigenvalue weighted by Gasteiger charge is 2.25. The summed E-state index contributed by atoms with van der Waals surface area (Å²) in [4.78, 5) is 2.50. The second-order valence-corrected chi connectivity index (χ2v) is 5.87. The van der Waals surface area contributed by atoms with Gasteiger partial charge in [0.1, 0.15) is 0 Å². The smallest absolute Gasteiger partial charge is 0.0652 e. The van der Waals surface area contributed by atoms with Crippen molar-refractivity contribution in [2.24, 2.45) is 0 Å². The second kappa shape index (κ2) is 4.31. The van der Waals surface area contributed by atoms with Gasteiger partial charge < -0.3 is 10.4 Å². The number of hydrogen-bond acceptors (Lipinski definition) is 3. The summed E-state index contributed by atoms with van der Waals surface area (Å²) in [5.41, 5.74) is 0. The fourth-order valence-electron chi connectivity index (χ4n) is 1.41. The van der Waals surface area contributed by atoms with Crippen molar-refractivity contribution >= 4 is 27.3 Å². The number of rotatable bonds is 4. The molecule has 0 saturated heterocycles. The van der Waals surface area contributed by atoms with Gasteiger partial charge in [0.25, 0.3) is 0 Å². The molecule has 1 aromatic rings. The summed E-state index contributed by atoms with van der Waals surface area (Å²) in [5.74, 6) is 0. The van der Waals surface area contributed by atoms with Crippen LogP contribution < -0.4 is 5.32 Å². The van der Waals surface area contributed by atoms with Crippen molar-refractivity contribution in [1.29, 1.82) is 0 Å². The molecule has 1 aromatic heterocycles. The van der Waals surface area contributed by atoms with Gasteiger partial charge in [0, 0.05) is 20.3 Å². The average molecular weight is 276 g/mol. The molecular weight excluding hydrogens is 262 g/mol. The standard InChI is InChI=1S/C10H14BrNOS/c1-6-8(11)4-10(14-6)9(5-13)12-7-2-3-7/h4,7,9,12-13H,2-3,5H2,1H3. The minimum absolute atomic E-state index is 0.123. The van der Waals surface area contributed by atoms with Crippen LogP contribution in [0.15, 0.2) is 10.5 Å². The summed E-state index contributed by atoms with van der Waals surface area (Å²) < 4.78 is 1.15. The molecule has 1 fully saturated rings. The second-order valence-electron chi connectivity index (χ2n) is 3.73. The van der Waals surface area contributed by atoms with Crippen molar-refractivity contribution in [3.05, 3.63) is 20.3 Å². The van der Waals surface area contributed by atoms with Crippen LogP contribution in [-0.4, -0.2) is 17.8 Å². The average Bonchev–Trinajstić information content (AvgIpc) is 2.91. The van der Waals surface area contributed by atoms with Crippen molar-refractivity contribution in [1.82, 2.24) is 5.32 Å². The number of nitrogens with one attached hydrogen (secondary N) is 1. The van der Waals surface area contributed by atoms with Gasteiger partial charge in [-0.3, -0.25) is 0 Å². The molecule has 0 spiro atoms. The van der Waals surface area contributed by atoms with Crippen LogP contribution in [0, 0.1) is 6.92 Å². The van der Waals surface area contributed by atoms with Crippen LogP contribution in [0.4, 0.5) is 0 Å². The van der Waals surface area contributed by atoms with Crippen molar-refractivity contribution in [2.75, 3.05) is 6.61 Å². The Balaban J connectivity index is 2.08. The molecule has 0 aromatic carbocycles. The molecule has 0 radical (unpaired) electrons. The largest absolute Gasteiger partial charge is 0.394 e.